The van der Waals surface area contributed by atoms with Crippen LogP contribution in [-0.2, 0) is 4.74 Å². The highest BCUT2D eigenvalue weighted by Gasteiger charge is 2.26. The highest BCUT2D eigenvalue weighted by molar-refractivity contribution is 5.94. The molecule has 0 spiro atoms. The Balaban J connectivity index is 1.71. The second kappa shape index (κ2) is 8.31. The van der Waals surface area contributed by atoms with Gasteiger partial charge < -0.3 is 24.4 Å². The third kappa shape index (κ3) is 4.52. The minimum Gasteiger partial charge on any atom is -0.497 e. The van der Waals surface area contributed by atoms with E-state index in [0.717, 1.165) is 17.1 Å². The number of amides is 1. The first-order chi connectivity index (χ1) is 13.0. The van der Waals surface area contributed by atoms with Crippen LogP contribution >= 0.6 is 0 Å². The standard InChI is InChI=1S/C21H26N2O4/c1-14-12-23(13-15(2)27-14)21(24)16-5-7-17(8-6-16)22-19-10-9-18(25-3)11-20(19)26-4/h5-11,14-15,22H,12-13H2,1-4H3/t14-,15+. The zero-order valence-electron chi connectivity index (χ0n) is 16.2. The molecular weight excluding hydrogens is 344 g/mol. The Bertz CT molecular complexity index is 781. The van der Waals surface area contributed by atoms with Crippen molar-refractivity contribution >= 4 is 17.3 Å². The number of anilines is 2. The van der Waals surface area contributed by atoms with Crippen LogP contribution in [0, 0.1) is 0 Å². The molecule has 1 aliphatic rings. The third-order valence-electron chi connectivity index (χ3n) is 4.53. The summed E-state index contributed by atoms with van der Waals surface area (Å²) in [4.78, 5) is 14.6. The van der Waals surface area contributed by atoms with Gasteiger partial charge in [-0.25, -0.2) is 0 Å². The lowest BCUT2D eigenvalue weighted by atomic mass is 10.1. The smallest absolute Gasteiger partial charge is 0.254 e. The van der Waals surface area contributed by atoms with Crippen molar-refractivity contribution in [1.29, 1.82) is 0 Å². The molecule has 1 aliphatic heterocycles. The van der Waals surface area contributed by atoms with Crippen LogP contribution < -0.4 is 14.8 Å². The lowest BCUT2D eigenvalue weighted by molar-refractivity contribution is -0.0586. The van der Waals surface area contributed by atoms with Crippen molar-refractivity contribution < 1.29 is 19.0 Å². The molecule has 0 saturated carbocycles. The molecule has 1 saturated heterocycles. The quantitative estimate of drug-likeness (QED) is 0.870. The van der Waals surface area contributed by atoms with Crippen molar-refractivity contribution in [3.63, 3.8) is 0 Å². The van der Waals surface area contributed by atoms with Crippen LogP contribution in [-0.4, -0.2) is 50.3 Å². The first-order valence-electron chi connectivity index (χ1n) is 9.04. The molecule has 1 heterocycles. The summed E-state index contributed by atoms with van der Waals surface area (Å²) in [6, 6.07) is 13.0. The van der Waals surface area contributed by atoms with Gasteiger partial charge in [-0.05, 0) is 50.2 Å². The fourth-order valence-electron chi connectivity index (χ4n) is 3.28. The number of rotatable bonds is 5. The lowest BCUT2D eigenvalue weighted by Crippen LogP contribution is -2.48. The number of methoxy groups -OCH3 is 2. The van der Waals surface area contributed by atoms with Crippen molar-refractivity contribution in [2.24, 2.45) is 0 Å². The summed E-state index contributed by atoms with van der Waals surface area (Å²) in [7, 11) is 3.24. The molecule has 0 unspecified atom stereocenters. The van der Waals surface area contributed by atoms with Crippen molar-refractivity contribution in [3.05, 3.63) is 48.0 Å². The Morgan fingerprint density at radius 2 is 1.70 bits per heavy atom. The number of nitrogens with zero attached hydrogens (tertiary/aromatic N) is 1. The van der Waals surface area contributed by atoms with E-state index in [1.165, 1.54) is 0 Å². The van der Waals surface area contributed by atoms with E-state index >= 15 is 0 Å². The summed E-state index contributed by atoms with van der Waals surface area (Å²) >= 11 is 0. The summed E-state index contributed by atoms with van der Waals surface area (Å²) in [6.45, 7) is 5.22. The molecule has 3 rings (SSSR count). The van der Waals surface area contributed by atoms with Gasteiger partial charge in [0, 0.05) is 30.4 Å². The molecule has 2 aromatic carbocycles. The number of carbonyl (C=O) groups is 1. The SMILES string of the molecule is COc1ccc(Nc2ccc(C(=O)N3C[C@@H](C)O[C@@H](C)C3)cc2)c(OC)c1. The Morgan fingerprint density at radius 3 is 2.30 bits per heavy atom. The molecule has 6 heteroatoms. The summed E-state index contributed by atoms with van der Waals surface area (Å²) < 4.78 is 16.3. The summed E-state index contributed by atoms with van der Waals surface area (Å²) in [5.74, 6) is 1.45. The average Bonchev–Trinajstić information content (AvgIpc) is 2.67. The highest BCUT2D eigenvalue weighted by atomic mass is 16.5. The van der Waals surface area contributed by atoms with E-state index in [1.807, 2.05) is 61.2 Å². The summed E-state index contributed by atoms with van der Waals surface area (Å²) in [6.07, 6.45) is 0.113. The van der Waals surface area contributed by atoms with Gasteiger partial charge in [0.2, 0.25) is 0 Å². The van der Waals surface area contributed by atoms with Gasteiger partial charge in [0.25, 0.3) is 5.91 Å². The Morgan fingerprint density at radius 1 is 1.04 bits per heavy atom. The van der Waals surface area contributed by atoms with Crippen molar-refractivity contribution in [3.8, 4) is 11.5 Å². The number of benzene rings is 2. The van der Waals surface area contributed by atoms with E-state index in [4.69, 9.17) is 14.2 Å². The van der Waals surface area contributed by atoms with Gasteiger partial charge in [-0.3, -0.25) is 4.79 Å². The van der Waals surface area contributed by atoms with Gasteiger partial charge in [-0.2, -0.15) is 0 Å². The number of carbonyl (C=O) groups excluding carboxylic acids is 1. The summed E-state index contributed by atoms with van der Waals surface area (Å²) in [5.41, 5.74) is 2.37. The van der Waals surface area contributed by atoms with Crippen LogP contribution in [0.5, 0.6) is 11.5 Å². The van der Waals surface area contributed by atoms with Crippen LogP contribution in [0.4, 0.5) is 11.4 Å². The Kier molecular flexibility index (Phi) is 5.86. The molecule has 2 aromatic rings. The Labute approximate surface area is 160 Å². The first kappa shape index (κ1) is 19.0. The summed E-state index contributed by atoms with van der Waals surface area (Å²) in [5, 5.41) is 3.31. The van der Waals surface area contributed by atoms with Gasteiger partial charge in [-0.15, -0.1) is 0 Å². The predicted molar refractivity (Wildman–Crippen MR) is 105 cm³/mol. The topological polar surface area (TPSA) is 60.0 Å². The Hall–Kier alpha value is -2.73. The van der Waals surface area contributed by atoms with Gasteiger partial charge in [0.15, 0.2) is 0 Å². The molecule has 0 bridgehead atoms. The maximum absolute atomic E-state index is 12.7. The van der Waals surface area contributed by atoms with Gasteiger partial charge in [-0.1, -0.05) is 0 Å². The third-order valence-corrected chi connectivity index (χ3v) is 4.53. The molecule has 1 N–H and O–H groups in total. The van der Waals surface area contributed by atoms with Crippen LogP contribution in [0.1, 0.15) is 24.2 Å². The minimum absolute atomic E-state index is 0.0329. The maximum Gasteiger partial charge on any atom is 0.254 e. The molecule has 0 radical (unpaired) electrons. The first-order valence-corrected chi connectivity index (χ1v) is 9.04. The average molecular weight is 370 g/mol. The second-order valence-electron chi connectivity index (χ2n) is 6.74. The minimum atomic E-state index is 0.0329. The molecular formula is C21H26N2O4. The fourth-order valence-corrected chi connectivity index (χ4v) is 3.28. The van der Waals surface area contributed by atoms with Crippen molar-refractivity contribution in [1.82, 2.24) is 4.90 Å². The highest BCUT2D eigenvalue weighted by Crippen LogP contribution is 2.31. The van der Waals surface area contributed by atoms with Crippen LogP contribution in [0.25, 0.3) is 0 Å². The lowest BCUT2D eigenvalue weighted by Gasteiger charge is -2.35. The van der Waals surface area contributed by atoms with E-state index in [1.54, 1.807) is 14.2 Å². The van der Waals surface area contributed by atoms with Crippen LogP contribution in [0.2, 0.25) is 0 Å². The van der Waals surface area contributed by atoms with Crippen molar-refractivity contribution in [2.75, 3.05) is 32.6 Å². The van der Waals surface area contributed by atoms with Crippen LogP contribution in [0.3, 0.4) is 0 Å². The zero-order valence-corrected chi connectivity index (χ0v) is 16.2. The van der Waals surface area contributed by atoms with E-state index in [0.29, 0.717) is 24.4 Å². The molecule has 0 aliphatic carbocycles. The van der Waals surface area contributed by atoms with Crippen LogP contribution in [0.15, 0.2) is 42.5 Å². The molecule has 1 amide bonds. The number of hydrogen-bond acceptors (Lipinski definition) is 5. The van der Waals surface area contributed by atoms with Crippen molar-refractivity contribution in [2.45, 2.75) is 26.1 Å². The van der Waals surface area contributed by atoms with Gasteiger partial charge in [0.05, 0.1) is 32.1 Å². The normalized spacial score (nSPS) is 19.5. The second-order valence-corrected chi connectivity index (χ2v) is 6.74. The maximum atomic E-state index is 12.7. The number of morpholine rings is 1. The molecule has 144 valence electrons. The monoisotopic (exact) mass is 370 g/mol. The van der Waals surface area contributed by atoms with Gasteiger partial charge >= 0.3 is 0 Å². The van der Waals surface area contributed by atoms with E-state index in [2.05, 4.69) is 5.32 Å². The number of hydrogen-bond donors (Lipinski definition) is 1. The van der Waals surface area contributed by atoms with E-state index < -0.39 is 0 Å². The molecule has 6 nitrogen and oxygen atoms in total. The zero-order chi connectivity index (χ0) is 19.4. The molecule has 1 fully saturated rings. The van der Waals surface area contributed by atoms with E-state index in [9.17, 15) is 4.79 Å². The number of ether oxygens (including phenoxy) is 3. The largest absolute Gasteiger partial charge is 0.497 e. The van der Waals surface area contributed by atoms with E-state index in [-0.39, 0.29) is 18.1 Å². The van der Waals surface area contributed by atoms with Gasteiger partial charge in [0.1, 0.15) is 11.5 Å². The molecule has 27 heavy (non-hydrogen) atoms. The number of nitrogens with one attached hydrogen (secondary N) is 1. The fraction of sp³-hybridized carbons (Fsp3) is 0.381. The molecule has 2 atom stereocenters. The molecule has 0 aromatic heterocycles. The predicted octanol–water partition coefficient (Wildman–Crippen LogP) is 3.70.